The molecule has 0 heterocycles. The first-order chi connectivity index (χ1) is 9.38. The molecule has 2 heteroatoms. The number of nitrogens with one attached hydrogen (secondary N) is 1. The number of rotatable bonds is 7. The lowest BCUT2D eigenvalue weighted by Gasteiger charge is -2.19. The lowest BCUT2D eigenvalue weighted by Crippen LogP contribution is -3.09. The molecule has 0 saturated carbocycles. The van der Waals surface area contributed by atoms with Crippen molar-refractivity contribution in [2.45, 2.75) is 13.1 Å². The molecule has 0 atom stereocenters. The number of quaternary nitrogens is 1. The van der Waals surface area contributed by atoms with Gasteiger partial charge in [-0.3, -0.25) is 0 Å². The Hall–Kier alpha value is -1.64. The molecular formula is C17H22NO+. The number of hydrogen-bond donors (Lipinski definition) is 1. The second kappa shape index (κ2) is 7.72. The van der Waals surface area contributed by atoms with Crippen LogP contribution in [0.4, 0.5) is 0 Å². The van der Waals surface area contributed by atoms with Gasteiger partial charge in [0.05, 0.1) is 6.61 Å². The molecule has 0 saturated heterocycles. The van der Waals surface area contributed by atoms with Gasteiger partial charge in [-0.15, -0.1) is 0 Å². The number of ether oxygens (including phenoxy) is 1. The monoisotopic (exact) mass is 256 g/mol. The summed E-state index contributed by atoms with van der Waals surface area (Å²) >= 11 is 0. The first-order valence-corrected chi connectivity index (χ1v) is 6.79. The third-order valence-corrected chi connectivity index (χ3v) is 3.25. The average molecular weight is 256 g/mol. The second-order valence-electron chi connectivity index (χ2n) is 4.82. The van der Waals surface area contributed by atoms with Crippen molar-refractivity contribution in [1.29, 1.82) is 0 Å². The highest BCUT2D eigenvalue weighted by molar-refractivity contribution is 5.14. The molecule has 0 aliphatic heterocycles. The zero-order valence-electron chi connectivity index (χ0n) is 11.5. The maximum Gasteiger partial charge on any atom is 0.103 e. The largest absolute Gasteiger partial charge is 0.379 e. The van der Waals surface area contributed by atoms with Gasteiger partial charge in [0.25, 0.3) is 0 Å². The van der Waals surface area contributed by atoms with E-state index in [1.807, 2.05) is 0 Å². The number of hydrogen-bond acceptors (Lipinski definition) is 1. The molecule has 0 bridgehead atoms. The quantitative estimate of drug-likeness (QED) is 0.799. The Kier molecular flexibility index (Phi) is 5.60. The van der Waals surface area contributed by atoms with Crippen LogP contribution in [0, 0.1) is 0 Å². The van der Waals surface area contributed by atoms with E-state index in [0.717, 1.165) is 26.2 Å². The standard InChI is InChI=1S/C17H21NO/c1-19-13-12-18(14-16-8-4-2-5-9-16)15-17-10-6-3-7-11-17/h2-11H,12-15H2,1H3/p+1. The zero-order chi connectivity index (χ0) is 13.3. The van der Waals surface area contributed by atoms with E-state index in [0.29, 0.717) is 0 Å². The fraction of sp³-hybridized carbons (Fsp3) is 0.294. The minimum atomic E-state index is 0.801. The topological polar surface area (TPSA) is 13.7 Å². The van der Waals surface area contributed by atoms with E-state index in [1.165, 1.54) is 16.0 Å². The van der Waals surface area contributed by atoms with Gasteiger partial charge < -0.3 is 9.64 Å². The van der Waals surface area contributed by atoms with Gasteiger partial charge >= 0.3 is 0 Å². The molecule has 19 heavy (non-hydrogen) atoms. The van der Waals surface area contributed by atoms with Crippen molar-refractivity contribution in [3.05, 3.63) is 71.8 Å². The molecule has 2 rings (SSSR count). The molecule has 0 radical (unpaired) electrons. The summed E-state index contributed by atoms with van der Waals surface area (Å²) in [5.74, 6) is 0. The van der Waals surface area contributed by atoms with E-state index in [1.54, 1.807) is 7.11 Å². The van der Waals surface area contributed by atoms with Crippen molar-refractivity contribution in [2.24, 2.45) is 0 Å². The van der Waals surface area contributed by atoms with Crippen LogP contribution in [-0.4, -0.2) is 20.3 Å². The van der Waals surface area contributed by atoms with Gasteiger partial charge in [-0.1, -0.05) is 60.7 Å². The van der Waals surface area contributed by atoms with Crippen molar-refractivity contribution < 1.29 is 9.64 Å². The summed E-state index contributed by atoms with van der Waals surface area (Å²) < 4.78 is 5.23. The van der Waals surface area contributed by atoms with Crippen LogP contribution in [0.3, 0.4) is 0 Å². The Balaban J connectivity index is 1.99. The van der Waals surface area contributed by atoms with Crippen LogP contribution in [0.15, 0.2) is 60.7 Å². The minimum absolute atomic E-state index is 0.801. The summed E-state index contributed by atoms with van der Waals surface area (Å²) in [5.41, 5.74) is 2.76. The fourth-order valence-corrected chi connectivity index (χ4v) is 2.25. The molecule has 0 fully saturated rings. The normalized spacial score (nSPS) is 10.8. The Morgan fingerprint density at radius 1 is 0.789 bits per heavy atom. The third kappa shape index (κ3) is 4.86. The highest BCUT2D eigenvalue weighted by atomic mass is 16.5. The van der Waals surface area contributed by atoms with E-state index >= 15 is 0 Å². The van der Waals surface area contributed by atoms with E-state index in [9.17, 15) is 0 Å². The maximum atomic E-state index is 5.23. The van der Waals surface area contributed by atoms with Crippen molar-refractivity contribution in [2.75, 3.05) is 20.3 Å². The van der Waals surface area contributed by atoms with Crippen LogP contribution in [-0.2, 0) is 17.8 Å². The molecule has 100 valence electrons. The average Bonchev–Trinajstić information content (AvgIpc) is 2.47. The van der Waals surface area contributed by atoms with E-state index < -0.39 is 0 Å². The molecule has 2 nitrogen and oxygen atoms in total. The van der Waals surface area contributed by atoms with Crippen LogP contribution in [0.2, 0.25) is 0 Å². The summed E-state index contributed by atoms with van der Waals surface area (Å²) in [6.45, 7) is 3.91. The fourth-order valence-electron chi connectivity index (χ4n) is 2.25. The number of methoxy groups -OCH3 is 1. The first kappa shape index (κ1) is 13.8. The van der Waals surface area contributed by atoms with Gasteiger partial charge in [0.2, 0.25) is 0 Å². The highest BCUT2D eigenvalue weighted by Gasteiger charge is 2.10. The predicted octanol–water partition coefficient (Wildman–Crippen LogP) is 1.92. The molecule has 0 unspecified atom stereocenters. The van der Waals surface area contributed by atoms with Crippen LogP contribution in [0.1, 0.15) is 11.1 Å². The Bertz CT molecular complexity index is 414. The van der Waals surface area contributed by atoms with E-state index in [2.05, 4.69) is 60.7 Å². The Morgan fingerprint density at radius 2 is 1.26 bits per heavy atom. The van der Waals surface area contributed by atoms with Crippen LogP contribution in [0.25, 0.3) is 0 Å². The lowest BCUT2D eigenvalue weighted by atomic mass is 10.1. The summed E-state index contributed by atoms with van der Waals surface area (Å²) in [6.07, 6.45) is 0. The van der Waals surface area contributed by atoms with Gasteiger partial charge in [0, 0.05) is 18.2 Å². The minimum Gasteiger partial charge on any atom is -0.379 e. The van der Waals surface area contributed by atoms with Crippen LogP contribution < -0.4 is 4.90 Å². The van der Waals surface area contributed by atoms with E-state index in [-0.39, 0.29) is 0 Å². The van der Waals surface area contributed by atoms with Gasteiger partial charge in [0.15, 0.2) is 0 Å². The highest BCUT2D eigenvalue weighted by Crippen LogP contribution is 1.98. The molecule has 0 spiro atoms. The summed E-state index contributed by atoms with van der Waals surface area (Å²) in [7, 11) is 1.77. The molecule has 1 N–H and O–H groups in total. The summed E-state index contributed by atoms with van der Waals surface area (Å²) in [4.78, 5) is 1.53. The molecule has 2 aromatic rings. The molecule has 0 aromatic heterocycles. The number of benzene rings is 2. The van der Waals surface area contributed by atoms with Gasteiger partial charge in [-0.05, 0) is 0 Å². The van der Waals surface area contributed by atoms with Crippen LogP contribution in [0.5, 0.6) is 0 Å². The van der Waals surface area contributed by atoms with Gasteiger partial charge in [-0.25, -0.2) is 0 Å². The molecular weight excluding hydrogens is 234 g/mol. The second-order valence-corrected chi connectivity index (χ2v) is 4.82. The zero-order valence-corrected chi connectivity index (χ0v) is 11.5. The van der Waals surface area contributed by atoms with Crippen LogP contribution >= 0.6 is 0 Å². The van der Waals surface area contributed by atoms with Crippen molar-refractivity contribution >= 4 is 0 Å². The molecule has 0 amide bonds. The Morgan fingerprint density at radius 3 is 1.68 bits per heavy atom. The van der Waals surface area contributed by atoms with Crippen molar-refractivity contribution in [3.63, 3.8) is 0 Å². The van der Waals surface area contributed by atoms with E-state index in [4.69, 9.17) is 4.74 Å². The lowest BCUT2D eigenvalue weighted by molar-refractivity contribution is -0.927. The Labute approximate surface area is 115 Å². The third-order valence-electron chi connectivity index (χ3n) is 3.25. The maximum absolute atomic E-state index is 5.23. The van der Waals surface area contributed by atoms with Gasteiger partial charge in [-0.2, -0.15) is 0 Å². The molecule has 0 aliphatic carbocycles. The van der Waals surface area contributed by atoms with Gasteiger partial charge in [0.1, 0.15) is 19.6 Å². The molecule has 0 aliphatic rings. The predicted molar refractivity (Wildman–Crippen MR) is 78.0 cm³/mol. The smallest absolute Gasteiger partial charge is 0.103 e. The SMILES string of the molecule is COCC[NH+](Cc1ccccc1)Cc1ccccc1. The first-order valence-electron chi connectivity index (χ1n) is 6.79. The summed E-state index contributed by atoms with van der Waals surface area (Å²) in [5, 5.41) is 0. The summed E-state index contributed by atoms with van der Waals surface area (Å²) in [6, 6.07) is 21.3. The molecule has 2 aromatic carbocycles. The van der Waals surface area contributed by atoms with Crippen molar-refractivity contribution in [3.8, 4) is 0 Å². The van der Waals surface area contributed by atoms with Crippen molar-refractivity contribution in [1.82, 2.24) is 0 Å².